The molecule has 0 heterocycles. The molecule has 1 saturated carbocycles. The van der Waals surface area contributed by atoms with Crippen LogP contribution in [-0.4, -0.2) is 18.0 Å². The van der Waals surface area contributed by atoms with Gasteiger partial charge in [0, 0.05) is 22.3 Å². The Bertz CT molecular complexity index is 374. The first-order chi connectivity index (χ1) is 8.19. The molecule has 0 spiro atoms. The summed E-state index contributed by atoms with van der Waals surface area (Å²) in [5.41, 5.74) is 8.12. The van der Waals surface area contributed by atoms with Gasteiger partial charge in [-0.3, -0.25) is 4.90 Å². The third-order valence-corrected chi connectivity index (χ3v) is 4.16. The van der Waals surface area contributed by atoms with Crippen LogP contribution in [0.5, 0.6) is 0 Å². The number of benzene rings is 1. The number of nitrogens with two attached hydrogens (primary N) is 1. The minimum absolute atomic E-state index is 0.888. The Morgan fingerprint density at radius 2 is 2.18 bits per heavy atom. The maximum absolute atomic E-state index is 5.85. The van der Waals surface area contributed by atoms with Crippen LogP contribution in [0.15, 0.2) is 18.2 Å². The van der Waals surface area contributed by atoms with Crippen molar-refractivity contribution >= 4 is 28.3 Å². The number of hydrogen-bond donors (Lipinski definition) is 1. The Hall–Kier alpha value is -0.290. The summed E-state index contributed by atoms with van der Waals surface area (Å²) >= 11 is 2.31. The summed E-state index contributed by atoms with van der Waals surface area (Å²) in [7, 11) is 0. The molecule has 1 aromatic carbocycles. The van der Waals surface area contributed by atoms with Gasteiger partial charge in [0.1, 0.15) is 0 Å². The first-order valence-corrected chi connectivity index (χ1v) is 7.53. The monoisotopic (exact) mass is 344 g/mol. The number of nitrogens with zero attached hydrogens (tertiary/aromatic N) is 1. The van der Waals surface area contributed by atoms with Gasteiger partial charge < -0.3 is 5.73 Å². The zero-order valence-corrected chi connectivity index (χ0v) is 12.6. The molecular weight excluding hydrogens is 323 g/mol. The van der Waals surface area contributed by atoms with Crippen LogP contribution in [-0.2, 0) is 6.54 Å². The molecule has 0 atom stereocenters. The highest BCUT2D eigenvalue weighted by Crippen LogP contribution is 2.30. The summed E-state index contributed by atoms with van der Waals surface area (Å²) in [6.45, 7) is 5.81. The second-order valence-corrected chi connectivity index (χ2v) is 6.20. The van der Waals surface area contributed by atoms with E-state index in [1.807, 2.05) is 6.07 Å². The molecule has 1 aromatic rings. The summed E-state index contributed by atoms with van der Waals surface area (Å²) in [5, 5.41) is 0. The molecule has 3 heteroatoms. The SMILES string of the molecule is CCCN(Cc1ccc(N)c(I)c1)CC1CC1. The molecule has 17 heavy (non-hydrogen) atoms. The van der Waals surface area contributed by atoms with Crippen LogP contribution < -0.4 is 5.73 Å². The number of anilines is 1. The molecular formula is C14H21IN2. The van der Waals surface area contributed by atoms with Crippen LogP contribution >= 0.6 is 22.6 Å². The third kappa shape index (κ3) is 4.14. The number of rotatable bonds is 6. The Labute approximate surface area is 118 Å². The fourth-order valence-corrected chi connectivity index (χ4v) is 2.72. The molecule has 0 bridgehead atoms. The molecule has 1 aliphatic carbocycles. The van der Waals surface area contributed by atoms with Crippen molar-refractivity contribution < 1.29 is 0 Å². The number of nitrogen functional groups attached to an aromatic ring is 1. The predicted molar refractivity (Wildman–Crippen MR) is 81.9 cm³/mol. The highest BCUT2D eigenvalue weighted by molar-refractivity contribution is 14.1. The van der Waals surface area contributed by atoms with Crippen molar-refractivity contribution in [3.05, 3.63) is 27.3 Å². The fraction of sp³-hybridized carbons (Fsp3) is 0.571. The van der Waals surface area contributed by atoms with Crippen molar-refractivity contribution in [2.24, 2.45) is 5.92 Å². The van der Waals surface area contributed by atoms with Crippen LogP contribution in [0.4, 0.5) is 5.69 Å². The maximum Gasteiger partial charge on any atom is 0.0449 e. The van der Waals surface area contributed by atoms with E-state index in [1.165, 1.54) is 41.5 Å². The first-order valence-electron chi connectivity index (χ1n) is 6.45. The Morgan fingerprint density at radius 3 is 2.76 bits per heavy atom. The first kappa shape index (κ1) is 13.1. The van der Waals surface area contributed by atoms with E-state index in [1.54, 1.807) is 0 Å². The zero-order valence-electron chi connectivity index (χ0n) is 10.5. The van der Waals surface area contributed by atoms with E-state index in [4.69, 9.17) is 5.73 Å². The number of hydrogen-bond acceptors (Lipinski definition) is 2. The Kier molecular flexibility index (Phi) is 4.68. The lowest BCUT2D eigenvalue weighted by Gasteiger charge is -2.21. The van der Waals surface area contributed by atoms with Crippen LogP contribution in [0.1, 0.15) is 31.7 Å². The molecule has 1 aliphatic rings. The molecule has 0 unspecified atom stereocenters. The highest BCUT2D eigenvalue weighted by Gasteiger charge is 2.23. The molecule has 0 amide bonds. The summed E-state index contributed by atoms with van der Waals surface area (Å²) < 4.78 is 1.17. The van der Waals surface area contributed by atoms with E-state index in [-0.39, 0.29) is 0 Å². The molecule has 94 valence electrons. The smallest absolute Gasteiger partial charge is 0.0449 e. The van der Waals surface area contributed by atoms with Crippen molar-refractivity contribution in [2.45, 2.75) is 32.7 Å². The summed E-state index contributed by atoms with van der Waals surface area (Å²) in [6, 6.07) is 6.40. The van der Waals surface area contributed by atoms with Crippen molar-refractivity contribution in [3.8, 4) is 0 Å². The van der Waals surface area contributed by atoms with Gasteiger partial charge in [0.2, 0.25) is 0 Å². The highest BCUT2D eigenvalue weighted by atomic mass is 127. The molecule has 2 rings (SSSR count). The fourth-order valence-electron chi connectivity index (χ4n) is 2.14. The van der Waals surface area contributed by atoms with Crippen LogP contribution in [0.25, 0.3) is 0 Å². The Morgan fingerprint density at radius 1 is 1.41 bits per heavy atom. The topological polar surface area (TPSA) is 29.3 Å². The number of halogens is 1. The molecule has 2 nitrogen and oxygen atoms in total. The lowest BCUT2D eigenvalue weighted by molar-refractivity contribution is 0.255. The van der Waals surface area contributed by atoms with E-state index in [2.05, 4.69) is 46.5 Å². The average molecular weight is 344 g/mol. The average Bonchev–Trinajstić information content (AvgIpc) is 3.08. The second-order valence-electron chi connectivity index (χ2n) is 5.03. The van der Waals surface area contributed by atoms with E-state index in [0.29, 0.717) is 0 Å². The van der Waals surface area contributed by atoms with Crippen molar-refractivity contribution in [1.82, 2.24) is 4.90 Å². The van der Waals surface area contributed by atoms with Gasteiger partial charge in [0.05, 0.1) is 0 Å². The van der Waals surface area contributed by atoms with Gasteiger partial charge in [-0.25, -0.2) is 0 Å². The minimum Gasteiger partial charge on any atom is -0.398 e. The van der Waals surface area contributed by atoms with Gasteiger partial charge in [-0.2, -0.15) is 0 Å². The predicted octanol–water partition coefficient (Wildman–Crippen LogP) is 3.50. The Balaban J connectivity index is 1.97. The van der Waals surface area contributed by atoms with Gasteiger partial charge in [0.25, 0.3) is 0 Å². The van der Waals surface area contributed by atoms with Gasteiger partial charge in [-0.05, 0) is 72.0 Å². The molecule has 0 saturated heterocycles. The van der Waals surface area contributed by atoms with E-state index >= 15 is 0 Å². The minimum atomic E-state index is 0.888. The summed E-state index contributed by atoms with van der Waals surface area (Å²) in [5.74, 6) is 0.967. The standard InChI is InChI=1S/C14H21IN2/c1-2-7-17(9-11-3-4-11)10-12-5-6-14(16)13(15)8-12/h5-6,8,11H,2-4,7,9-10,16H2,1H3. The van der Waals surface area contributed by atoms with Gasteiger partial charge in [-0.15, -0.1) is 0 Å². The maximum atomic E-state index is 5.85. The lowest BCUT2D eigenvalue weighted by Crippen LogP contribution is -2.26. The zero-order chi connectivity index (χ0) is 12.3. The largest absolute Gasteiger partial charge is 0.398 e. The lowest BCUT2D eigenvalue weighted by atomic mass is 10.2. The van der Waals surface area contributed by atoms with Crippen LogP contribution in [0.3, 0.4) is 0 Å². The van der Waals surface area contributed by atoms with E-state index < -0.39 is 0 Å². The van der Waals surface area contributed by atoms with Crippen molar-refractivity contribution in [2.75, 3.05) is 18.8 Å². The van der Waals surface area contributed by atoms with Crippen molar-refractivity contribution in [3.63, 3.8) is 0 Å². The second kappa shape index (κ2) is 6.05. The molecule has 0 aliphatic heterocycles. The molecule has 2 N–H and O–H groups in total. The summed E-state index contributed by atoms with van der Waals surface area (Å²) in [6.07, 6.45) is 4.09. The molecule has 1 fully saturated rings. The molecule has 0 aromatic heterocycles. The quantitative estimate of drug-likeness (QED) is 0.632. The van der Waals surface area contributed by atoms with Gasteiger partial charge >= 0.3 is 0 Å². The third-order valence-electron chi connectivity index (χ3n) is 3.22. The van der Waals surface area contributed by atoms with E-state index in [0.717, 1.165) is 18.2 Å². The van der Waals surface area contributed by atoms with Gasteiger partial charge in [-0.1, -0.05) is 13.0 Å². The van der Waals surface area contributed by atoms with E-state index in [9.17, 15) is 0 Å². The van der Waals surface area contributed by atoms with Crippen molar-refractivity contribution in [1.29, 1.82) is 0 Å². The van der Waals surface area contributed by atoms with Crippen LogP contribution in [0, 0.1) is 9.49 Å². The normalized spacial score (nSPS) is 15.5. The molecule has 0 radical (unpaired) electrons. The summed E-state index contributed by atoms with van der Waals surface area (Å²) in [4.78, 5) is 2.58. The van der Waals surface area contributed by atoms with Gasteiger partial charge in [0.15, 0.2) is 0 Å². The van der Waals surface area contributed by atoms with Crippen LogP contribution in [0.2, 0.25) is 0 Å².